The molecular formula is C21H17ClFN3O5S. The van der Waals surface area contributed by atoms with Crippen LogP contribution in [0.25, 0.3) is 0 Å². The third-order valence-corrected chi connectivity index (χ3v) is 6.27. The average Bonchev–Trinajstić information content (AvgIpc) is 2.75. The largest absolute Gasteiger partial charge is 0.337 e. The Hall–Kier alpha value is -3.50. The van der Waals surface area contributed by atoms with Gasteiger partial charge in [-0.05, 0) is 60.2 Å². The van der Waals surface area contributed by atoms with Crippen molar-refractivity contribution in [2.24, 2.45) is 0 Å². The van der Waals surface area contributed by atoms with Crippen LogP contribution >= 0.6 is 11.6 Å². The highest BCUT2D eigenvalue weighted by Crippen LogP contribution is 2.24. The summed E-state index contributed by atoms with van der Waals surface area (Å²) in [5, 5.41) is 11.3. The molecule has 0 radical (unpaired) electrons. The van der Waals surface area contributed by atoms with Crippen LogP contribution in [-0.2, 0) is 16.6 Å². The molecule has 0 unspecified atom stereocenters. The number of carbonyl (C=O) groups is 1. The van der Waals surface area contributed by atoms with Gasteiger partial charge in [-0.25, -0.2) is 12.8 Å². The van der Waals surface area contributed by atoms with Crippen molar-refractivity contribution in [3.05, 3.63) is 98.8 Å². The van der Waals surface area contributed by atoms with Crippen LogP contribution in [0.1, 0.15) is 15.9 Å². The van der Waals surface area contributed by atoms with Crippen molar-refractivity contribution in [1.29, 1.82) is 0 Å². The summed E-state index contributed by atoms with van der Waals surface area (Å²) in [5.74, 6) is -0.942. The maximum atomic E-state index is 13.0. The molecule has 1 amide bonds. The van der Waals surface area contributed by atoms with Gasteiger partial charge in [0, 0.05) is 42.0 Å². The molecule has 3 aromatic carbocycles. The van der Waals surface area contributed by atoms with Gasteiger partial charge >= 0.3 is 0 Å². The van der Waals surface area contributed by atoms with Crippen molar-refractivity contribution in [3.63, 3.8) is 0 Å². The Bertz CT molecular complexity index is 1270. The molecule has 32 heavy (non-hydrogen) atoms. The van der Waals surface area contributed by atoms with Crippen molar-refractivity contribution in [3.8, 4) is 0 Å². The number of nitro groups is 1. The number of benzene rings is 3. The van der Waals surface area contributed by atoms with Gasteiger partial charge in [-0.1, -0.05) is 11.6 Å². The minimum absolute atomic E-state index is 0.0400. The lowest BCUT2D eigenvalue weighted by Crippen LogP contribution is -2.26. The molecule has 0 aliphatic carbocycles. The number of hydrogen-bond acceptors (Lipinski definition) is 5. The first-order valence-corrected chi connectivity index (χ1v) is 11.0. The average molecular weight is 478 g/mol. The van der Waals surface area contributed by atoms with E-state index >= 15 is 0 Å². The zero-order valence-electron chi connectivity index (χ0n) is 16.7. The van der Waals surface area contributed by atoms with Crippen LogP contribution in [0.3, 0.4) is 0 Å². The van der Waals surface area contributed by atoms with E-state index < -0.39 is 20.8 Å². The van der Waals surface area contributed by atoms with Crippen LogP contribution in [0.4, 0.5) is 15.8 Å². The van der Waals surface area contributed by atoms with Crippen molar-refractivity contribution in [2.45, 2.75) is 11.4 Å². The highest BCUT2D eigenvalue weighted by atomic mass is 35.5. The Morgan fingerprint density at radius 2 is 1.72 bits per heavy atom. The van der Waals surface area contributed by atoms with Gasteiger partial charge in [0.05, 0.1) is 9.82 Å². The SMILES string of the molecule is CN(Cc1cc([N+](=O)[O-])ccc1Cl)C(=O)c1ccc(NS(=O)(=O)c2ccc(F)cc2)cc1. The van der Waals surface area contributed by atoms with Crippen LogP contribution in [0.5, 0.6) is 0 Å². The van der Waals surface area contributed by atoms with Gasteiger partial charge in [0.25, 0.3) is 21.6 Å². The normalized spacial score (nSPS) is 11.1. The fourth-order valence-electron chi connectivity index (χ4n) is 2.85. The number of amides is 1. The molecule has 3 rings (SSSR count). The molecule has 0 saturated heterocycles. The molecule has 0 fully saturated rings. The lowest BCUT2D eigenvalue weighted by molar-refractivity contribution is -0.384. The quantitative estimate of drug-likeness (QED) is 0.399. The molecule has 0 atom stereocenters. The lowest BCUT2D eigenvalue weighted by Gasteiger charge is -2.18. The smallest absolute Gasteiger partial charge is 0.269 e. The van der Waals surface area contributed by atoms with E-state index in [1.165, 1.54) is 54.4 Å². The number of rotatable bonds is 7. The highest BCUT2D eigenvalue weighted by Gasteiger charge is 2.18. The molecule has 0 aromatic heterocycles. The van der Waals surface area contributed by atoms with Gasteiger partial charge in [-0.3, -0.25) is 19.6 Å². The molecule has 8 nitrogen and oxygen atoms in total. The first-order chi connectivity index (χ1) is 15.1. The van der Waals surface area contributed by atoms with Crippen LogP contribution < -0.4 is 4.72 Å². The second-order valence-electron chi connectivity index (χ2n) is 6.83. The molecule has 0 saturated carbocycles. The summed E-state index contributed by atoms with van der Waals surface area (Å²) in [6.07, 6.45) is 0. The zero-order chi connectivity index (χ0) is 23.5. The second kappa shape index (κ2) is 9.33. The highest BCUT2D eigenvalue weighted by molar-refractivity contribution is 7.92. The molecule has 3 aromatic rings. The number of nitro benzene ring substituents is 1. The van der Waals surface area contributed by atoms with Crippen molar-refractivity contribution >= 4 is 38.9 Å². The molecule has 0 heterocycles. The number of carbonyl (C=O) groups excluding carboxylic acids is 1. The minimum atomic E-state index is -3.92. The number of non-ortho nitro benzene ring substituents is 1. The summed E-state index contributed by atoms with van der Waals surface area (Å²) in [7, 11) is -2.40. The second-order valence-corrected chi connectivity index (χ2v) is 8.92. The Morgan fingerprint density at radius 1 is 1.09 bits per heavy atom. The Morgan fingerprint density at radius 3 is 2.31 bits per heavy atom. The van der Waals surface area contributed by atoms with Crippen LogP contribution in [-0.4, -0.2) is 31.2 Å². The number of nitrogens with zero attached hydrogens (tertiary/aromatic N) is 2. The fourth-order valence-corrected chi connectivity index (χ4v) is 4.09. The van der Waals surface area contributed by atoms with Crippen molar-refractivity contribution in [2.75, 3.05) is 11.8 Å². The van der Waals surface area contributed by atoms with Gasteiger partial charge in [0.15, 0.2) is 0 Å². The number of anilines is 1. The molecule has 1 N–H and O–H groups in total. The molecule has 11 heteroatoms. The van der Waals surface area contributed by atoms with Gasteiger partial charge in [0.2, 0.25) is 0 Å². The monoisotopic (exact) mass is 477 g/mol. The summed E-state index contributed by atoms with van der Waals surface area (Å²) in [6.45, 7) is 0.0400. The van der Waals surface area contributed by atoms with Gasteiger partial charge in [0.1, 0.15) is 5.82 Å². The molecular weight excluding hydrogens is 461 g/mol. The third-order valence-electron chi connectivity index (χ3n) is 4.50. The Balaban J connectivity index is 1.71. The molecule has 0 aliphatic heterocycles. The van der Waals surface area contributed by atoms with E-state index in [1.54, 1.807) is 0 Å². The van der Waals surface area contributed by atoms with Crippen LogP contribution in [0, 0.1) is 15.9 Å². The number of hydrogen-bond donors (Lipinski definition) is 1. The molecule has 0 aliphatic rings. The fraction of sp³-hybridized carbons (Fsp3) is 0.0952. The van der Waals surface area contributed by atoms with E-state index in [4.69, 9.17) is 11.6 Å². The summed E-state index contributed by atoms with van der Waals surface area (Å²) in [5.41, 5.74) is 0.775. The Labute approximate surface area is 188 Å². The summed E-state index contributed by atoms with van der Waals surface area (Å²) >= 11 is 6.09. The topological polar surface area (TPSA) is 110 Å². The molecule has 0 spiro atoms. The minimum Gasteiger partial charge on any atom is -0.337 e. The summed E-state index contributed by atoms with van der Waals surface area (Å²) in [4.78, 5) is 24.3. The first-order valence-electron chi connectivity index (χ1n) is 9.13. The maximum Gasteiger partial charge on any atom is 0.269 e. The summed E-state index contributed by atoms with van der Waals surface area (Å²) < 4.78 is 40.1. The number of nitrogens with one attached hydrogen (secondary N) is 1. The zero-order valence-corrected chi connectivity index (χ0v) is 18.2. The third kappa shape index (κ3) is 5.40. The van der Waals surface area contributed by atoms with Crippen molar-refractivity contribution < 1.29 is 22.5 Å². The predicted molar refractivity (Wildman–Crippen MR) is 118 cm³/mol. The number of halogens is 2. The lowest BCUT2D eigenvalue weighted by atomic mass is 10.1. The van der Waals surface area contributed by atoms with E-state index in [0.29, 0.717) is 10.6 Å². The van der Waals surface area contributed by atoms with Gasteiger partial charge in [-0.2, -0.15) is 0 Å². The van der Waals surface area contributed by atoms with E-state index in [1.807, 2.05) is 0 Å². The van der Waals surface area contributed by atoms with Gasteiger partial charge in [-0.15, -0.1) is 0 Å². The number of sulfonamides is 1. The Kier molecular flexibility index (Phi) is 6.75. The molecule has 166 valence electrons. The standard InChI is InChI=1S/C21H17ClFN3O5S/c1-25(13-15-12-18(26(28)29)8-11-20(15)22)21(27)14-2-6-17(7-3-14)24-32(30,31)19-9-4-16(23)5-10-19/h2-12,24H,13H2,1H3. The first kappa shape index (κ1) is 23.2. The maximum absolute atomic E-state index is 13.0. The summed E-state index contributed by atoms with van der Waals surface area (Å²) in [6, 6.07) is 14.1. The molecule has 0 bridgehead atoms. The van der Waals surface area contributed by atoms with E-state index in [2.05, 4.69) is 4.72 Å². The van der Waals surface area contributed by atoms with E-state index in [-0.39, 0.29) is 34.3 Å². The van der Waals surface area contributed by atoms with E-state index in [0.717, 1.165) is 24.3 Å². The van der Waals surface area contributed by atoms with Crippen LogP contribution in [0.2, 0.25) is 5.02 Å². The predicted octanol–water partition coefficient (Wildman–Crippen LogP) is 4.46. The van der Waals surface area contributed by atoms with Gasteiger partial charge < -0.3 is 4.90 Å². The van der Waals surface area contributed by atoms with E-state index in [9.17, 15) is 27.7 Å². The van der Waals surface area contributed by atoms with Crippen LogP contribution in [0.15, 0.2) is 71.6 Å². The van der Waals surface area contributed by atoms with Crippen molar-refractivity contribution in [1.82, 2.24) is 4.90 Å².